The molecule has 0 aliphatic carbocycles. The van der Waals surface area contributed by atoms with Gasteiger partial charge in [-0.15, -0.1) is 10.2 Å². The molecule has 1 heterocycles. The number of thioether (sulfide) groups is 1. The Bertz CT molecular complexity index is 1090. The maximum atomic E-state index is 12.3. The molecule has 0 radical (unpaired) electrons. The minimum atomic E-state index is -0.431. The SMILES string of the molecule is CCn1c(SCC(=O)Nc2ccc(Cl)cc2Cl)nnc1C(C)Oc1cc(Cl)ccc1Cl. The average molecular weight is 520 g/mol. The summed E-state index contributed by atoms with van der Waals surface area (Å²) in [7, 11) is 0. The minimum absolute atomic E-state index is 0.131. The summed E-state index contributed by atoms with van der Waals surface area (Å²) in [4.78, 5) is 12.3. The van der Waals surface area contributed by atoms with Crippen LogP contribution in [0.25, 0.3) is 0 Å². The smallest absolute Gasteiger partial charge is 0.234 e. The molecule has 31 heavy (non-hydrogen) atoms. The number of hydrogen-bond acceptors (Lipinski definition) is 5. The van der Waals surface area contributed by atoms with Crippen LogP contribution in [0.3, 0.4) is 0 Å². The molecule has 164 valence electrons. The molecule has 0 spiro atoms. The van der Waals surface area contributed by atoms with E-state index in [1.807, 2.05) is 18.4 Å². The third-order valence-electron chi connectivity index (χ3n) is 4.16. The highest BCUT2D eigenvalue weighted by Gasteiger charge is 2.20. The lowest BCUT2D eigenvalue weighted by molar-refractivity contribution is -0.113. The summed E-state index contributed by atoms with van der Waals surface area (Å²) in [6.07, 6.45) is -0.431. The van der Waals surface area contributed by atoms with Crippen molar-refractivity contribution in [1.29, 1.82) is 0 Å². The lowest BCUT2D eigenvalue weighted by atomic mass is 10.3. The van der Waals surface area contributed by atoms with Gasteiger partial charge in [-0.2, -0.15) is 0 Å². The Balaban J connectivity index is 1.66. The van der Waals surface area contributed by atoms with Crippen molar-refractivity contribution in [1.82, 2.24) is 14.8 Å². The zero-order valence-corrected chi connectivity index (χ0v) is 20.4. The second-order valence-electron chi connectivity index (χ2n) is 6.38. The first-order chi connectivity index (χ1) is 14.8. The first-order valence-corrected chi connectivity index (χ1v) is 11.7. The van der Waals surface area contributed by atoms with Crippen LogP contribution in [-0.4, -0.2) is 26.4 Å². The molecule has 6 nitrogen and oxygen atoms in total. The summed E-state index contributed by atoms with van der Waals surface area (Å²) in [6, 6.07) is 9.88. The van der Waals surface area contributed by atoms with Crippen LogP contribution in [0.5, 0.6) is 5.75 Å². The van der Waals surface area contributed by atoms with E-state index in [4.69, 9.17) is 51.1 Å². The number of carbonyl (C=O) groups is 1. The Morgan fingerprint density at radius 1 is 1.10 bits per heavy atom. The molecule has 1 unspecified atom stereocenters. The molecule has 1 atom stereocenters. The molecular formula is C20H18Cl4N4O2S. The van der Waals surface area contributed by atoms with Crippen molar-refractivity contribution in [3.63, 3.8) is 0 Å². The van der Waals surface area contributed by atoms with Gasteiger partial charge in [0.25, 0.3) is 0 Å². The number of hydrogen-bond donors (Lipinski definition) is 1. The molecule has 0 aliphatic rings. The van der Waals surface area contributed by atoms with E-state index in [0.717, 1.165) is 0 Å². The van der Waals surface area contributed by atoms with Gasteiger partial charge in [-0.1, -0.05) is 58.2 Å². The standard InChI is InChI=1S/C20H18Cl4N4O2S/c1-3-28-19(11(2)30-17-9-13(22)4-6-14(17)23)26-27-20(28)31-10-18(29)25-16-7-5-12(21)8-15(16)24/h4-9,11H,3,10H2,1-2H3,(H,25,29). The van der Waals surface area contributed by atoms with Gasteiger partial charge in [-0.3, -0.25) is 4.79 Å². The van der Waals surface area contributed by atoms with Crippen LogP contribution in [0.4, 0.5) is 5.69 Å². The van der Waals surface area contributed by atoms with Gasteiger partial charge in [-0.25, -0.2) is 0 Å². The summed E-state index contributed by atoms with van der Waals surface area (Å²) >= 11 is 25.5. The molecule has 3 aromatic rings. The lowest BCUT2D eigenvalue weighted by Crippen LogP contribution is -2.15. The highest BCUT2D eigenvalue weighted by molar-refractivity contribution is 7.99. The number of carbonyl (C=O) groups excluding carboxylic acids is 1. The highest BCUT2D eigenvalue weighted by Crippen LogP contribution is 2.32. The van der Waals surface area contributed by atoms with Crippen LogP contribution in [-0.2, 0) is 11.3 Å². The molecule has 1 N–H and O–H groups in total. The Kier molecular flexibility index (Phi) is 8.36. The third kappa shape index (κ3) is 6.20. The van der Waals surface area contributed by atoms with E-state index in [-0.39, 0.29) is 11.7 Å². The summed E-state index contributed by atoms with van der Waals surface area (Å²) < 4.78 is 7.83. The molecule has 11 heteroatoms. The van der Waals surface area contributed by atoms with Gasteiger partial charge < -0.3 is 14.6 Å². The molecule has 1 amide bonds. The Hall–Kier alpha value is -1.64. The molecule has 0 aliphatic heterocycles. The van der Waals surface area contributed by atoms with Gasteiger partial charge in [0, 0.05) is 22.7 Å². The fourth-order valence-corrected chi connectivity index (χ4v) is 4.31. The number of rotatable bonds is 8. The number of halogens is 4. The van der Waals surface area contributed by atoms with Crippen molar-refractivity contribution in [3.05, 3.63) is 62.3 Å². The van der Waals surface area contributed by atoms with Gasteiger partial charge in [-0.05, 0) is 44.2 Å². The van der Waals surface area contributed by atoms with Crippen LogP contribution < -0.4 is 10.1 Å². The largest absolute Gasteiger partial charge is 0.481 e. The molecule has 0 saturated carbocycles. The maximum absolute atomic E-state index is 12.3. The zero-order valence-electron chi connectivity index (χ0n) is 16.5. The van der Waals surface area contributed by atoms with Crippen molar-refractivity contribution in [3.8, 4) is 5.75 Å². The van der Waals surface area contributed by atoms with E-state index in [9.17, 15) is 4.79 Å². The van der Waals surface area contributed by atoms with Crippen molar-refractivity contribution in [2.75, 3.05) is 11.1 Å². The second-order valence-corrected chi connectivity index (χ2v) is 9.01. The number of amides is 1. The molecule has 1 aromatic heterocycles. The summed E-state index contributed by atoms with van der Waals surface area (Å²) in [5, 5.41) is 13.7. The van der Waals surface area contributed by atoms with Crippen molar-refractivity contribution in [2.24, 2.45) is 0 Å². The fourth-order valence-electron chi connectivity index (χ4n) is 2.72. The molecule has 3 rings (SSSR count). The minimum Gasteiger partial charge on any atom is -0.481 e. The number of aromatic nitrogens is 3. The summed E-state index contributed by atoms with van der Waals surface area (Å²) in [5.74, 6) is 0.978. The van der Waals surface area contributed by atoms with Crippen molar-refractivity contribution >= 4 is 69.8 Å². The van der Waals surface area contributed by atoms with Gasteiger partial charge in [0.1, 0.15) is 5.75 Å². The normalized spacial score (nSPS) is 11.9. The van der Waals surface area contributed by atoms with E-state index in [1.165, 1.54) is 11.8 Å². The predicted molar refractivity (Wildman–Crippen MR) is 127 cm³/mol. The molecule has 0 fully saturated rings. The van der Waals surface area contributed by atoms with E-state index in [2.05, 4.69) is 15.5 Å². The molecule has 2 aromatic carbocycles. The van der Waals surface area contributed by atoms with Crippen molar-refractivity contribution < 1.29 is 9.53 Å². The highest BCUT2D eigenvalue weighted by atomic mass is 35.5. The summed E-state index contributed by atoms with van der Waals surface area (Å²) in [5.41, 5.74) is 0.495. The first-order valence-electron chi connectivity index (χ1n) is 9.21. The van der Waals surface area contributed by atoms with E-state index >= 15 is 0 Å². The quantitative estimate of drug-likeness (QED) is 0.332. The summed E-state index contributed by atoms with van der Waals surface area (Å²) in [6.45, 7) is 4.41. The van der Waals surface area contributed by atoms with E-state index in [1.54, 1.807) is 36.4 Å². The van der Waals surface area contributed by atoms with Gasteiger partial charge in [0.2, 0.25) is 5.91 Å². The van der Waals surface area contributed by atoms with E-state index < -0.39 is 6.10 Å². The van der Waals surface area contributed by atoms with E-state index in [0.29, 0.717) is 49.1 Å². The second kappa shape index (κ2) is 10.8. The molecule has 0 bridgehead atoms. The van der Waals surface area contributed by atoms with Crippen LogP contribution in [0, 0.1) is 0 Å². The van der Waals surface area contributed by atoms with Crippen molar-refractivity contribution in [2.45, 2.75) is 31.7 Å². The molecule has 0 saturated heterocycles. The first kappa shape index (κ1) is 24.0. The van der Waals surface area contributed by atoms with Crippen LogP contribution in [0.2, 0.25) is 20.1 Å². The van der Waals surface area contributed by atoms with Crippen LogP contribution in [0.15, 0.2) is 41.6 Å². The molecular weight excluding hydrogens is 502 g/mol. The number of ether oxygens (including phenoxy) is 1. The topological polar surface area (TPSA) is 69.0 Å². The predicted octanol–water partition coefficient (Wildman–Crippen LogP) is 6.78. The zero-order chi connectivity index (χ0) is 22.5. The number of nitrogens with zero attached hydrogens (tertiary/aromatic N) is 3. The number of benzene rings is 2. The monoisotopic (exact) mass is 518 g/mol. The average Bonchev–Trinajstić information content (AvgIpc) is 3.14. The number of nitrogens with one attached hydrogen (secondary N) is 1. The van der Waals surface area contributed by atoms with Gasteiger partial charge >= 0.3 is 0 Å². The van der Waals surface area contributed by atoms with Crippen LogP contribution >= 0.6 is 58.2 Å². The van der Waals surface area contributed by atoms with Gasteiger partial charge in [0.15, 0.2) is 17.1 Å². The maximum Gasteiger partial charge on any atom is 0.234 e. The lowest BCUT2D eigenvalue weighted by Gasteiger charge is -2.16. The fraction of sp³-hybridized carbons (Fsp3) is 0.250. The van der Waals surface area contributed by atoms with Crippen LogP contribution in [0.1, 0.15) is 25.8 Å². The Morgan fingerprint density at radius 2 is 1.81 bits per heavy atom. The number of anilines is 1. The Morgan fingerprint density at radius 3 is 2.52 bits per heavy atom. The third-order valence-corrected chi connectivity index (χ3v) is 6.22. The Labute approximate surface area is 204 Å². The van der Waals surface area contributed by atoms with Gasteiger partial charge in [0.05, 0.1) is 21.5 Å².